The van der Waals surface area contributed by atoms with Crippen molar-refractivity contribution in [1.29, 1.82) is 0 Å². The zero-order chi connectivity index (χ0) is 18.0. The summed E-state index contributed by atoms with van der Waals surface area (Å²) in [5.41, 5.74) is 2.62. The third-order valence-electron chi connectivity index (χ3n) is 5.70. The summed E-state index contributed by atoms with van der Waals surface area (Å²) in [6.07, 6.45) is 7.00. The highest BCUT2D eigenvalue weighted by atomic mass is 16.5. The Balaban J connectivity index is 1.42. The van der Waals surface area contributed by atoms with Crippen molar-refractivity contribution in [3.8, 4) is 5.69 Å². The van der Waals surface area contributed by atoms with E-state index in [2.05, 4.69) is 34.3 Å². The van der Waals surface area contributed by atoms with Crippen LogP contribution >= 0.6 is 0 Å². The molecule has 26 heavy (non-hydrogen) atoms. The van der Waals surface area contributed by atoms with Gasteiger partial charge in [-0.2, -0.15) is 5.10 Å². The first-order chi connectivity index (χ1) is 12.7. The molecule has 1 spiro atoms. The lowest BCUT2D eigenvalue weighted by Crippen LogP contribution is -2.47. The fourth-order valence-electron chi connectivity index (χ4n) is 4.47. The molecule has 2 aromatic rings. The molecule has 2 saturated heterocycles. The Kier molecular flexibility index (Phi) is 4.68. The number of hydrogen-bond donors (Lipinski definition) is 0. The average molecular weight is 354 g/mol. The van der Waals surface area contributed by atoms with Gasteiger partial charge in [0.1, 0.15) is 0 Å². The molecule has 0 N–H and O–H groups in total. The highest BCUT2D eigenvalue weighted by molar-refractivity contribution is 5.67. The topological polar surface area (TPSA) is 50.6 Å². The Bertz CT molecular complexity index is 761. The zero-order valence-corrected chi connectivity index (χ0v) is 15.3. The second kappa shape index (κ2) is 7.11. The second-order valence-electron chi connectivity index (χ2n) is 7.58. The van der Waals surface area contributed by atoms with Gasteiger partial charge in [-0.05, 0) is 49.6 Å². The Morgan fingerprint density at radius 2 is 2.15 bits per heavy atom. The van der Waals surface area contributed by atoms with Crippen molar-refractivity contribution in [2.24, 2.45) is 5.41 Å². The van der Waals surface area contributed by atoms with Crippen LogP contribution in [0.3, 0.4) is 0 Å². The summed E-state index contributed by atoms with van der Waals surface area (Å²) in [6, 6.07) is 10.5. The van der Waals surface area contributed by atoms with Crippen molar-refractivity contribution in [3.63, 3.8) is 0 Å². The standard InChI is InChI=1S/C20H26N4O2/c1-26-19(25)23-10-3-7-20(16-23)8-12-22(15-20)14-17-5-2-6-18(13-17)24-11-4-9-21-24/h2,4-6,9,11,13H,3,7-8,10,12,14-16H2,1H3/t20-/m1/s1. The Labute approximate surface area is 154 Å². The van der Waals surface area contributed by atoms with Gasteiger partial charge in [0, 0.05) is 44.0 Å². The Hall–Kier alpha value is -2.34. The molecule has 2 aliphatic heterocycles. The minimum atomic E-state index is -0.186. The van der Waals surface area contributed by atoms with Crippen molar-refractivity contribution in [2.45, 2.75) is 25.8 Å². The van der Waals surface area contributed by atoms with Crippen LogP contribution < -0.4 is 0 Å². The Morgan fingerprint density at radius 1 is 1.23 bits per heavy atom. The van der Waals surface area contributed by atoms with E-state index in [1.807, 2.05) is 21.8 Å². The van der Waals surface area contributed by atoms with Gasteiger partial charge < -0.3 is 9.64 Å². The van der Waals surface area contributed by atoms with Crippen LogP contribution in [0.25, 0.3) is 5.69 Å². The van der Waals surface area contributed by atoms with Gasteiger partial charge in [-0.25, -0.2) is 9.48 Å². The molecule has 0 unspecified atom stereocenters. The number of benzene rings is 1. The van der Waals surface area contributed by atoms with E-state index in [9.17, 15) is 4.79 Å². The molecule has 0 bridgehead atoms. The van der Waals surface area contributed by atoms with Gasteiger partial charge in [-0.15, -0.1) is 0 Å². The number of carbonyl (C=O) groups excluding carboxylic acids is 1. The molecule has 2 fully saturated rings. The summed E-state index contributed by atoms with van der Waals surface area (Å²) < 4.78 is 6.82. The molecule has 1 atom stereocenters. The maximum absolute atomic E-state index is 11.9. The highest BCUT2D eigenvalue weighted by Gasteiger charge is 2.42. The van der Waals surface area contributed by atoms with Crippen LogP contribution in [0.4, 0.5) is 4.79 Å². The largest absolute Gasteiger partial charge is 0.453 e. The minimum Gasteiger partial charge on any atom is -0.453 e. The fourth-order valence-corrected chi connectivity index (χ4v) is 4.47. The van der Waals surface area contributed by atoms with Crippen molar-refractivity contribution < 1.29 is 9.53 Å². The van der Waals surface area contributed by atoms with Crippen molar-refractivity contribution in [3.05, 3.63) is 48.3 Å². The van der Waals surface area contributed by atoms with Crippen molar-refractivity contribution in [2.75, 3.05) is 33.3 Å². The van der Waals surface area contributed by atoms with Crippen LogP contribution in [0.1, 0.15) is 24.8 Å². The van der Waals surface area contributed by atoms with E-state index in [0.29, 0.717) is 0 Å². The first kappa shape index (κ1) is 17.1. The molecule has 4 rings (SSSR count). The number of nitrogens with zero attached hydrogens (tertiary/aromatic N) is 4. The number of methoxy groups -OCH3 is 1. The molecular weight excluding hydrogens is 328 g/mol. The van der Waals surface area contributed by atoms with Crippen LogP contribution in [-0.4, -0.2) is 59.0 Å². The predicted molar refractivity (Wildman–Crippen MR) is 99.1 cm³/mol. The Morgan fingerprint density at radius 3 is 2.96 bits per heavy atom. The number of carbonyl (C=O) groups is 1. The summed E-state index contributed by atoms with van der Waals surface area (Å²) in [7, 11) is 1.47. The molecule has 1 amide bonds. The monoisotopic (exact) mass is 354 g/mol. The van der Waals surface area contributed by atoms with Gasteiger partial charge in [0.25, 0.3) is 0 Å². The predicted octanol–water partition coefficient (Wildman–Crippen LogP) is 2.93. The molecule has 0 radical (unpaired) electrons. The third-order valence-corrected chi connectivity index (χ3v) is 5.70. The van der Waals surface area contributed by atoms with Gasteiger partial charge in [-0.3, -0.25) is 4.90 Å². The fraction of sp³-hybridized carbons (Fsp3) is 0.500. The van der Waals surface area contributed by atoms with Crippen molar-refractivity contribution >= 4 is 6.09 Å². The quantitative estimate of drug-likeness (QED) is 0.850. The van der Waals surface area contributed by atoms with Gasteiger partial charge in [0.05, 0.1) is 12.8 Å². The average Bonchev–Trinajstić information content (AvgIpc) is 3.32. The van der Waals surface area contributed by atoms with E-state index in [1.54, 1.807) is 6.20 Å². The molecular formula is C20H26N4O2. The summed E-state index contributed by atoms with van der Waals surface area (Å²) in [6.45, 7) is 4.71. The lowest BCUT2D eigenvalue weighted by Gasteiger charge is -2.39. The molecule has 6 heteroatoms. The number of amides is 1. The molecule has 1 aromatic heterocycles. The number of ether oxygens (including phenoxy) is 1. The van der Waals surface area contributed by atoms with E-state index >= 15 is 0 Å². The first-order valence-electron chi connectivity index (χ1n) is 9.32. The lowest BCUT2D eigenvalue weighted by atomic mass is 9.79. The molecule has 1 aromatic carbocycles. The van der Waals surface area contributed by atoms with Crippen molar-refractivity contribution in [1.82, 2.24) is 19.6 Å². The number of hydrogen-bond acceptors (Lipinski definition) is 4. The maximum Gasteiger partial charge on any atom is 0.409 e. The number of rotatable bonds is 3. The summed E-state index contributed by atoms with van der Waals surface area (Å²) in [5, 5.41) is 4.31. The van der Waals surface area contributed by atoms with Crippen LogP contribution in [0, 0.1) is 5.41 Å². The van der Waals surface area contributed by atoms with E-state index in [4.69, 9.17) is 4.74 Å². The van der Waals surface area contributed by atoms with Gasteiger partial charge in [-0.1, -0.05) is 12.1 Å². The smallest absolute Gasteiger partial charge is 0.409 e. The second-order valence-corrected chi connectivity index (χ2v) is 7.58. The van der Waals surface area contributed by atoms with E-state index in [0.717, 1.165) is 51.3 Å². The number of likely N-dealkylation sites (tertiary alicyclic amines) is 2. The van der Waals surface area contributed by atoms with Crippen LogP contribution in [0.15, 0.2) is 42.7 Å². The first-order valence-corrected chi connectivity index (χ1v) is 9.32. The zero-order valence-electron chi connectivity index (χ0n) is 15.3. The number of aromatic nitrogens is 2. The molecule has 6 nitrogen and oxygen atoms in total. The van der Waals surface area contributed by atoms with Gasteiger partial charge >= 0.3 is 6.09 Å². The highest BCUT2D eigenvalue weighted by Crippen LogP contribution is 2.39. The normalized spacial score (nSPS) is 23.5. The summed E-state index contributed by atoms with van der Waals surface area (Å²) >= 11 is 0. The van der Waals surface area contributed by atoms with Crippen LogP contribution in [0.5, 0.6) is 0 Å². The van der Waals surface area contributed by atoms with Crippen LogP contribution in [0.2, 0.25) is 0 Å². The molecule has 0 saturated carbocycles. The summed E-state index contributed by atoms with van der Waals surface area (Å²) in [4.78, 5) is 16.3. The van der Waals surface area contributed by atoms with Gasteiger partial charge in [0.15, 0.2) is 0 Å². The van der Waals surface area contributed by atoms with Crippen LogP contribution in [-0.2, 0) is 11.3 Å². The SMILES string of the molecule is COC(=O)N1CCC[C@]2(CCN(Cc3cccc(-n4cccn4)c3)C2)C1. The van der Waals surface area contributed by atoms with E-state index in [1.165, 1.54) is 19.1 Å². The lowest BCUT2D eigenvalue weighted by molar-refractivity contribution is 0.0690. The summed E-state index contributed by atoms with van der Waals surface area (Å²) in [5.74, 6) is 0. The van der Waals surface area contributed by atoms with Gasteiger partial charge in [0.2, 0.25) is 0 Å². The molecule has 138 valence electrons. The third kappa shape index (κ3) is 3.46. The number of piperidine rings is 1. The minimum absolute atomic E-state index is 0.186. The molecule has 0 aliphatic carbocycles. The molecule has 2 aliphatic rings. The molecule has 3 heterocycles. The van der Waals surface area contributed by atoms with E-state index in [-0.39, 0.29) is 11.5 Å². The maximum atomic E-state index is 11.9. The van der Waals surface area contributed by atoms with E-state index < -0.39 is 0 Å².